The molecular weight excluding hydrogens is 178 g/mol. The van der Waals surface area contributed by atoms with E-state index in [1.54, 1.807) is 6.92 Å². The summed E-state index contributed by atoms with van der Waals surface area (Å²) in [5.74, 6) is 1.12. The van der Waals surface area contributed by atoms with E-state index in [4.69, 9.17) is 5.73 Å². The van der Waals surface area contributed by atoms with E-state index in [-0.39, 0.29) is 11.6 Å². The lowest BCUT2D eigenvalue weighted by Crippen LogP contribution is -2.19. The molecule has 1 aromatic heterocycles. The fourth-order valence-electron chi connectivity index (χ4n) is 1.42. The second-order valence-corrected chi connectivity index (χ2v) is 3.99. The molecule has 1 unspecified atom stereocenters. The molecule has 0 aliphatic heterocycles. The number of nitrogens with zero attached hydrogens (tertiary/aromatic N) is 1. The van der Waals surface area contributed by atoms with Crippen molar-refractivity contribution in [3.8, 4) is 0 Å². The summed E-state index contributed by atoms with van der Waals surface area (Å²) in [6.45, 7) is 5.95. The standard InChI is InChI=1S/C10H17N3O/c1-6(2)4-8(11)9-5-10(14)13-7(3)12-9/h5-6,8H,4,11H2,1-3H3,(H,12,13,14). The Kier molecular flexibility index (Phi) is 3.41. The molecule has 1 heterocycles. The minimum absolute atomic E-state index is 0.133. The number of nitrogens with two attached hydrogens (primary N) is 1. The molecule has 0 radical (unpaired) electrons. The van der Waals surface area contributed by atoms with E-state index in [1.165, 1.54) is 6.07 Å². The van der Waals surface area contributed by atoms with Gasteiger partial charge in [-0.2, -0.15) is 0 Å². The van der Waals surface area contributed by atoms with Crippen LogP contribution < -0.4 is 11.3 Å². The maximum absolute atomic E-state index is 11.2. The minimum Gasteiger partial charge on any atom is -0.323 e. The van der Waals surface area contributed by atoms with E-state index in [1.807, 2.05) is 0 Å². The lowest BCUT2D eigenvalue weighted by Gasteiger charge is -2.13. The van der Waals surface area contributed by atoms with Crippen LogP contribution in [0.1, 0.15) is 37.8 Å². The molecule has 3 N–H and O–H groups in total. The molecule has 1 atom stereocenters. The van der Waals surface area contributed by atoms with Crippen molar-refractivity contribution in [2.45, 2.75) is 33.2 Å². The first kappa shape index (κ1) is 10.9. The molecule has 78 valence electrons. The average molecular weight is 195 g/mol. The van der Waals surface area contributed by atoms with Gasteiger partial charge in [-0.1, -0.05) is 13.8 Å². The monoisotopic (exact) mass is 195 g/mol. The van der Waals surface area contributed by atoms with Crippen molar-refractivity contribution in [3.63, 3.8) is 0 Å². The van der Waals surface area contributed by atoms with Gasteiger partial charge in [0.25, 0.3) is 5.56 Å². The van der Waals surface area contributed by atoms with Crippen molar-refractivity contribution in [1.29, 1.82) is 0 Å². The van der Waals surface area contributed by atoms with Gasteiger partial charge in [-0.3, -0.25) is 4.79 Å². The zero-order valence-corrected chi connectivity index (χ0v) is 8.87. The van der Waals surface area contributed by atoms with Gasteiger partial charge in [0.1, 0.15) is 5.82 Å². The van der Waals surface area contributed by atoms with Crippen LogP contribution in [0.2, 0.25) is 0 Å². The molecule has 0 bridgehead atoms. The quantitative estimate of drug-likeness (QED) is 0.759. The van der Waals surface area contributed by atoms with Gasteiger partial charge in [0, 0.05) is 12.1 Å². The van der Waals surface area contributed by atoms with Crippen molar-refractivity contribution in [2.24, 2.45) is 11.7 Å². The van der Waals surface area contributed by atoms with Crippen LogP contribution in [0.15, 0.2) is 10.9 Å². The summed E-state index contributed by atoms with van der Waals surface area (Å²) < 4.78 is 0. The lowest BCUT2D eigenvalue weighted by molar-refractivity contribution is 0.500. The molecular formula is C10H17N3O. The highest BCUT2D eigenvalue weighted by Gasteiger charge is 2.10. The number of hydrogen-bond donors (Lipinski definition) is 2. The van der Waals surface area contributed by atoms with Gasteiger partial charge >= 0.3 is 0 Å². The maximum atomic E-state index is 11.2. The first-order chi connectivity index (χ1) is 6.49. The third-order valence-electron chi connectivity index (χ3n) is 1.99. The molecule has 0 saturated carbocycles. The fraction of sp³-hybridized carbons (Fsp3) is 0.600. The van der Waals surface area contributed by atoms with Crippen LogP contribution in [-0.4, -0.2) is 9.97 Å². The van der Waals surface area contributed by atoms with Gasteiger partial charge in [-0.05, 0) is 19.3 Å². The minimum atomic E-state index is -0.143. The molecule has 0 aliphatic carbocycles. The smallest absolute Gasteiger partial charge is 0.251 e. The number of aromatic amines is 1. The summed E-state index contributed by atoms with van der Waals surface area (Å²) in [4.78, 5) is 18.0. The molecule has 0 saturated heterocycles. The Bertz CT molecular complexity index is 357. The third kappa shape index (κ3) is 2.96. The topological polar surface area (TPSA) is 71.8 Å². The third-order valence-corrected chi connectivity index (χ3v) is 1.99. The van der Waals surface area contributed by atoms with E-state index in [9.17, 15) is 4.79 Å². The molecule has 14 heavy (non-hydrogen) atoms. The zero-order chi connectivity index (χ0) is 10.7. The summed E-state index contributed by atoms with van der Waals surface area (Å²) in [5.41, 5.74) is 6.47. The number of rotatable bonds is 3. The molecule has 1 rings (SSSR count). The van der Waals surface area contributed by atoms with Gasteiger partial charge in [0.05, 0.1) is 5.69 Å². The largest absolute Gasteiger partial charge is 0.323 e. The summed E-state index contributed by atoms with van der Waals surface area (Å²) >= 11 is 0. The summed E-state index contributed by atoms with van der Waals surface area (Å²) in [6.07, 6.45) is 0.843. The van der Waals surface area contributed by atoms with Crippen molar-refractivity contribution >= 4 is 0 Å². The summed E-state index contributed by atoms with van der Waals surface area (Å²) in [6, 6.07) is 1.33. The van der Waals surface area contributed by atoms with Crippen molar-refractivity contribution in [1.82, 2.24) is 9.97 Å². The molecule has 1 aromatic rings. The van der Waals surface area contributed by atoms with Crippen LogP contribution in [0, 0.1) is 12.8 Å². The van der Waals surface area contributed by atoms with Crippen LogP contribution >= 0.6 is 0 Å². The Morgan fingerprint density at radius 3 is 2.71 bits per heavy atom. The number of nitrogens with one attached hydrogen (secondary N) is 1. The number of aromatic nitrogens is 2. The Labute approximate surface area is 83.6 Å². The van der Waals surface area contributed by atoms with E-state index in [2.05, 4.69) is 23.8 Å². The van der Waals surface area contributed by atoms with Gasteiger partial charge in [-0.25, -0.2) is 4.98 Å². The summed E-state index contributed by atoms with van der Waals surface area (Å²) in [5, 5.41) is 0. The predicted octanol–water partition coefficient (Wildman–Crippen LogP) is 1.12. The van der Waals surface area contributed by atoms with Gasteiger partial charge < -0.3 is 10.7 Å². The van der Waals surface area contributed by atoms with Crippen LogP contribution in [0.4, 0.5) is 0 Å². The Morgan fingerprint density at radius 2 is 2.21 bits per heavy atom. The average Bonchev–Trinajstić information content (AvgIpc) is 2.00. The van der Waals surface area contributed by atoms with Crippen LogP contribution in [0.25, 0.3) is 0 Å². The van der Waals surface area contributed by atoms with Crippen molar-refractivity contribution in [3.05, 3.63) is 27.9 Å². The Balaban J connectivity index is 2.89. The molecule has 0 amide bonds. The van der Waals surface area contributed by atoms with Crippen LogP contribution in [0.5, 0.6) is 0 Å². The summed E-state index contributed by atoms with van der Waals surface area (Å²) in [7, 11) is 0. The number of hydrogen-bond acceptors (Lipinski definition) is 3. The van der Waals surface area contributed by atoms with Crippen molar-refractivity contribution < 1.29 is 0 Å². The zero-order valence-electron chi connectivity index (χ0n) is 8.87. The molecule has 4 heteroatoms. The maximum Gasteiger partial charge on any atom is 0.251 e. The van der Waals surface area contributed by atoms with Crippen LogP contribution in [0.3, 0.4) is 0 Å². The van der Waals surface area contributed by atoms with Crippen LogP contribution in [-0.2, 0) is 0 Å². The van der Waals surface area contributed by atoms with E-state index >= 15 is 0 Å². The highest BCUT2D eigenvalue weighted by atomic mass is 16.1. The molecule has 0 spiro atoms. The van der Waals surface area contributed by atoms with Gasteiger partial charge in [0.2, 0.25) is 0 Å². The number of aryl methyl sites for hydroxylation is 1. The predicted molar refractivity (Wildman–Crippen MR) is 56.0 cm³/mol. The van der Waals surface area contributed by atoms with Gasteiger partial charge in [-0.15, -0.1) is 0 Å². The fourth-order valence-corrected chi connectivity index (χ4v) is 1.42. The second kappa shape index (κ2) is 4.37. The first-order valence-corrected chi connectivity index (χ1v) is 4.82. The molecule has 0 fully saturated rings. The molecule has 0 aromatic carbocycles. The van der Waals surface area contributed by atoms with E-state index < -0.39 is 0 Å². The van der Waals surface area contributed by atoms with Crippen molar-refractivity contribution in [2.75, 3.05) is 0 Å². The van der Waals surface area contributed by atoms with Gasteiger partial charge in [0.15, 0.2) is 0 Å². The highest BCUT2D eigenvalue weighted by molar-refractivity contribution is 5.06. The lowest BCUT2D eigenvalue weighted by atomic mass is 10.0. The molecule has 0 aliphatic rings. The first-order valence-electron chi connectivity index (χ1n) is 4.82. The normalized spacial score (nSPS) is 13.2. The van der Waals surface area contributed by atoms with E-state index in [0.29, 0.717) is 17.4 Å². The Hall–Kier alpha value is -1.16. The SMILES string of the molecule is Cc1nc(C(N)CC(C)C)cc(=O)[nH]1. The highest BCUT2D eigenvalue weighted by Crippen LogP contribution is 2.15. The second-order valence-electron chi connectivity index (χ2n) is 3.99. The number of H-pyrrole nitrogens is 1. The Morgan fingerprint density at radius 1 is 1.57 bits per heavy atom. The van der Waals surface area contributed by atoms with E-state index in [0.717, 1.165) is 6.42 Å². The molecule has 4 nitrogen and oxygen atoms in total.